The summed E-state index contributed by atoms with van der Waals surface area (Å²) in [6.45, 7) is 11.9. The van der Waals surface area contributed by atoms with E-state index in [1.54, 1.807) is 0 Å². The zero-order chi connectivity index (χ0) is 10.8. The minimum absolute atomic E-state index is 0.510. The fourth-order valence-corrected chi connectivity index (χ4v) is 2.41. The summed E-state index contributed by atoms with van der Waals surface area (Å²) in [6.07, 6.45) is 2.24. The van der Waals surface area contributed by atoms with E-state index in [1.165, 1.54) is 19.5 Å². The molecule has 1 rings (SSSR count). The van der Waals surface area contributed by atoms with Crippen LogP contribution in [-0.4, -0.2) is 35.2 Å². The van der Waals surface area contributed by atoms with Gasteiger partial charge in [0.15, 0.2) is 0 Å². The summed E-state index contributed by atoms with van der Waals surface area (Å²) >= 11 is 0. The molecule has 14 heavy (non-hydrogen) atoms. The van der Waals surface area contributed by atoms with E-state index in [1.807, 2.05) is 13.8 Å². The van der Waals surface area contributed by atoms with Crippen LogP contribution in [0.2, 0.25) is 0 Å². The predicted molar refractivity (Wildman–Crippen MR) is 60.3 cm³/mol. The highest BCUT2D eigenvalue weighted by atomic mass is 16.3. The molecule has 0 spiro atoms. The van der Waals surface area contributed by atoms with Crippen LogP contribution < -0.4 is 0 Å². The molecule has 2 atom stereocenters. The molecule has 0 radical (unpaired) electrons. The van der Waals surface area contributed by atoms with E-state index in [0.29, 0.717) is 0 Å². The molecule has 0 saturated carbocycles. The van der Waals surface area contributed by atoms with E-state index in [9.17, 15) is 5.11 Å². The van der Waals surface area contributed by atoms with E-state index in [4.69, 9.17) is 0 Å². The van der Waals surface area contributed by atoms with E-state index >= 15 is 0 Å². The third kappa shape index (κ3) is 4.43. The van der Waals surface area contributed by atoms with Gasteiger partial charge >= 0.3 is 0 Å². The Morgan fingerprint density at radius 1 is 1.21 bits per heavy atom. The molecule has 1 heterocycles. The Morgan fingerprint density at radius 3 is 2.14 bits per heavy atom. The van der Waals surface area contributed by atoms with Crippen molar-refractivity contribution in [3.63, 3.8) is 0 Å². The highest BCUT2D eigenvalue weighted by molar-refractivity contribution is 4.76. The summed E-state index contributed by atoms with van der Waals surface area (Å²) in [7, 11) is 0. The summed E-state index contributed by atoms with van der Waals surface area (Å²) in [5.74, 6) is 1.64. The van der Waals surface area contributed by atoms with Crippen molar-refractivity contribution in [1.82, 2.24) is 4.90 Å². The van der Waals surface area contributed by atoms with Crippen LogP contribution in [0.1, 0.15) is 40.5 Å². The normalized spacial score (nSPS) is 30.6. The quantitative estimate of drug-likeness (QED) is 0.752. The monoisotopic (exact) mass is 199 g/mol. The number of hydrogen-bond acceptors (Lipinski definition) is 2. The van der Waals surface area contributed by atoms with Gasteiger partial charge in [-0.1, -0.05) is 13.8 Å². The molecule has 1 fully saturated rings. The van der Waals surface area contributed by atoms with E-state index < -0.39 is 5.60 Å². The topological polar surface area (TPSA) is 23.5 Å². The second-order valence-corrected chi connectivity index (χ2v) is 5.77. The Morgan fingerprint density at radius 2 is 1.71 bits per heavy atom. The molecule has 84 valence electrons. The lowest BCUT2D eigenvalue weighted by atomic mass is 9.91. The minimum atomic E-state index is -0.510. The standard InChI is InChI=1S/C12H25NO/c1-10-7-11(2)9-13(8-10)6-5-12(3,4)14/h10-11,14H,5-9H2,1-4H3. The van der Waals surface area contributed by atoms with Crippen molar-refractivity contribution < 1.29 is 5.11 Å². The second-order valence-electron chi connectivity index (χ2n) is 5.77. The van der Waals surface area contributed by atoms with Gasteiger partial charge in [-0.3, -0.25) is 0 Å². The highest BCUT2D eigenvalue weighted by Gasteiger charge is 2.23. The van der Waals surface area contributed by atoms with Crippen LogP contribution >= 0.6 is 0 Å². The number of rotatable bonds is 3. The van der Waals surface area contributed by atoms with Crippen LogP contribution in [0.5, 0.6) is 0 Å². The van der Waals surface area contributed by atoms with Gasteiger partial charge in [0.2, 0.25) is 0 Å². The van der Waals surface area contributed by atoms with Crippen molar-refractivity contribution in [2.75, 3.05) is 19.6 Å². The van der Waals surface area contributed by atoms with Crippen molar-refractivity contribution in [3.8, 4) is 0 Å². The van der Waals surface area contributed by atoms with Gasteiger partial charge in [0.1, 0.15) is 0 Å². The fourth-order valence-electron chi connectivity index (χ4n) is 2.41. The maximum Gasteiger partial charge on any atom is 0.0603 e. The van der Waals surface area contributed by atoms with Crippen LogP contribution in [0.3, 0.4) is 0 Å². The molecule has 2 unspecified atom stereocenters. The van der Waals surface area contributed by atoms with Crippen LogP contribution in [0.25, 0.3) is 0 Å². The summed E-state index contributed by atoms with van der Waals surface area (Å²) < 4.78 is 0. The zero-order valence-electron chi connectivity index (χ0n) is 10.1. The molecule has 0 aliphatic carbocycles. The van der Waals surface area contributed by atoms with Gasteiger partial charge in [0, 0.05) is 19.6 Å². The summed E-state index contributed by atoms with van der Waals surface area (Å²) in [5, 5.41) is 9.65. The Balaban J connectivity index is 2.30. The van der Waals surface area contributed by atoms with E-state index in [0.717, 1.165) is 24.8 Å². The van der Waals surface area contributed by atoms with Crippen LogP contribution in [0.4, 0.5) is 0 Å². The summed E-state index contributed by atoms with van der Waals surface area (Å²) in [4.78, 5) is 2.50. The van der Waals surface area contributed by atoms with Gasteiger partial charge in [-0.15, -0.1) is 0 Å². The predicted octanol–water partition coefficient (Wildman–Crippen LogP) is 2.13. The first-order valence-corrected chi connectivity index (χ1v) is 5.81. The molecule has 1 aliphatic heterocycles. The van der Waals surface area contributed by atoms with Crippen molar-refractivity contribution >= 4 is 0 Å². The largest absolute Gasteiger partial charge is 0.390 e. The number of hydrogen-bond donors (Lipinski definition) is 1. The smallest absolute Gasteiger partial charge is 0.0603 e. The molecular weight excluding hydrogens is 174 g/mol. The maximum atomic E-state index is 9.65. The number of likely N-dealkylation sites (tertiary alicyclic amines) is 1. The van der Waals surface area contributed by atoms with Crippen LogP contribution in [0.15, 0.2) is 0 Å². The molecule has 0 aromatic heterocycles. The molecule has 1 N–H and O–H groups in total. The molecule has 0 aromatic rings. The van der Waals surface area contributed by atoms with Gasteiger partial charge in [-0.2, -0.15) is 0 Å². The zero-order valence-corrected chi connectivity index (χ0v) is 10.1. The third-order valence-corrected chi connectivity index (χ3v) is 2.98. The molecule has 0 aromatic carbocycles. The van der Waals surface area contributed by atoms with E-state index in [-0.39, 0.29) is 0 Å². The average molecular weight is 199 g/mol. The second kappa shape index (κ2) is 4.63. The van der Waals surface area contributed by atoms with E-state index in [2.05, 4.69) is 18.7 Å². The Labute approximate surface area is 88.3 Å². The van der Waals surface area contributed by atoms with Crippen molar-refractivity contribution in [3.05, 3.63) is 0 Å². The lowest BCUT2D eigenvalue weighted by molar-refractivity contribution is 0.0457. The lowest BCUT2D eigenvalue weighted by Gasteiger charge is -2.36. The molecule has 1 aliphatic rings. The fraction of sp³-hybridized carbons (Fsp3) is 1.00. The molecule has 0 amide bonds. The van der Waals surface area contributed by atoms with Crippen LogP contribution in [0, 0.1) is 11.8 Å². The first kappa shape index (κ1) is 12.0. The average Bonchev–Trinajstić information content (AvgIpc) is 1.97. The highest BCUT2D eigenvalue weighted by Crippen LogP contribution is 2.21. The Kier molecular flexibility index (Phi) is 3.96. The van der Waals surface area contributed by atoms with Gasteiger partial charge in [0.25, 0.3) is 0 Å². The third-order valence-electron chi connectivity index (χ3n) is 2.98. The summed E-state index contributed by atoms with van der Waals surface area (Å²) in [5.41, 5.74) is -0.510. The van der Waals surface area contributed by atoms with Crippen molar-refractivity contribution in [2.45, 2.75) is 46.1 Å². The summed E-state index contributed by atoms with van der Waals surface area (Å²) in [6, 6.07) is 0. The van der Waals surface area contributed by atoms with Crippen molar-refractivity contribution in [2.24, 2.45) is 11.8 Å². The SMILES string of the molecule is CC1CC(C)CN(CCC(C)(C)O)C1. The van der Waals surface area contributed by atoms with Crippen LogP contribution in [-0.2, 0) is 0 Å². The van der Waals surface area contributed by atoms with Crippen molar-refractivity contribution in [1.29, 1.82) is 0 Å². The molecule has 1 saturated heterocycles. The number of nitrogens with zero attached hydrogens (tertiary/aromatic N) is 1. The first-order chi connectivity index (χ1) is 6.37. The molecular formula is C12H25NO. The minimum Gasteiger partial charge on any atom is -0.390 e. The number of piperidine rings is 1. The maximum absolute atomic E-state index is 9.65. The Bertz CT molecular complexity index is 164. The molecule has 2 heteroatoms. The lowest BCUT2D eigenvalue weighted by Crippen LogP contribution is -2.41. The number of aliphatic hydroxyl groups is 1. The van der Waals surface area contributed by atoms with Gasteiger partial charge in [-0.25, -0.2) is 0 Å². The molecule has 2 nitrogen and oxygen atoms in total. The molecule has 0 bridgehead atoms. The Hall–Kier alpha value is -0.0800. The first-order valence-electron chi connectivity index (χ1n) is 5.81. The van der Waals surface area contributed by atoms with Gasteiger partial charge < -0.3 is 10.0 Å². The van der Waals surface area contributed by atoms with Gasteiger partial charge in [0.05, 0.1) is 5.60 Å². The van der Waals surface area contributed by atoms with Gasteiger partial charge in [-0.05, 0) is 38.5 Å².